The van der Waals surface area contributed by atoms with E-state index in [1.165, 1.54) is 24.3 Å². The third-order valence-corrected chi connectivity index (χ3v) is 3.56. The number of aromatic nitrogens is 2. The normalized spacial score (nSPS) is 10.7. The molecule has 0 radical (unpaired) electrons. The van der Waals surface area contributed by atoms with E-state index >= 15 is 0 Å². The number of Topliss-reactive ketones (excluding diaryl/α,β-unsaturated/α-hetero) is 1. The SMILES string of the molecule is Cc1nn(CCC(=O)c2ccc(F)cc2)c(C)c1Cl. The van der Waals surface area contributed by atoms with Crippen LogP contribution in [0.2, 0.25) is 5.02 Å². The molecule has 0 saturated heterocycles. The van der Waals surface area contributed by atoms with Gasteiger partial charge in [-0.05, 0) is 38.1 Å². The van der Waals surface area contributed by atoms with Crippen molar-refractivity contribution in [3.8, 4) is 0 Å². The first-order valence-corrected chi connectivity index (χ1v) is 6.35. The van der Waals surface area contributed by atoms with Gasteiger partial charge in [-0.15, -0.1) is 0 Å². The fourth-order valence-electron chi connectivity index (χ4n) is 1.88. The molecule has 2 aromatic rings. The summed E-state index contributed by atoms with van der Waals surface area (Å²) in [4.78, 5) is 11.9. The lowest BCUT2D eigenvalue weighted by Gasteiger charge is -2.04. The fourth-order valence-corrected chi connectivity index (χ4v) is 2.02. The number of carbonyl (C=O) groups is 1. The molecule has 0 N–H and O–H groups in total. The van der Waals surface area contributed by atoms with E-state index in [-0.39, 0.29) is 11.6 Å². The molecule has 1 heterocycles. The molecule has 3 nitrogen and oxygen atoms in total. The minimum absolute atomic E-state index is 0.0383. The Kier molecular flexibility index (Phi) is 4.00. The summed E-state index contributed by atoms with van der Waals surface area (Å²) in [5.74, 6) is -0.384. The number of benzene rings is 1. The van der Waals surface area contributed by atoms with Crippen LogP contribution in [0.1, 0.15) is 28.2 Å². The number of ketones is 1. The Morgan fingerprint density at radius 2 is 1.95 bits per heavy atom. The molecule has 100 valence electrons. The summed E-state index contributed by atoms with van der Waals surface area (Å²) < 4.78 is 14.5. The van der Waals surface area contributed by atoms with Gasteiger partial charge in [-0.2, -0.15) is 5.10 Å². The van der Waals surface area contributed by atoms with Gasteiger partial charge in [0.2, 0.25) is 0 Å². The topological polar surface area (TPSA) is 34.9 Å². The van der Waals surface area contributed by atoms with Gasteiger partial charge in [0.05, 0.1) is 16.4 Å². The smallest absolute Gasteiger partial charge is 0.164 e. The van der Waals surface area contributed by atoms with Crippen LogP contribution in [0.15, 0.2) is 24.3 Å². The van der Waals surface area contributed by atoms with Crippen molar-refractivity contribution in [1.29, 1.82) is 0 Å². The highest BCUT2D eigenvalue weighted by molar-refractivity contribution is 6.31. The molecule has 0 bridgehead atoms. The summed E-state index contributed by atoms with van der Waals surface area (Å²) >= 11 is 6.04. The standard InChI is InChI=1S/C14H14ClFN2O/c1-9-14(15)10(2)18(17-9)8-7-13(19)11-3-5-12(16)6-4-11/h3-6H,7-8H2,1-2H3. The van der Waals surface area contributed by atoms with Crippen LogP contribution in [0, 0.1) is 19.7 Å². The predicted molar refractivity (Wildman–Crippen MR) is 72.1 cm³/mol. The summed E-state index contributed by atoms with van der Waals surface area (Å²) in [7, 11) is 0. The van der Waals surface area contributed by atoms with Gasteiger partial charge in [-0.1, -0.05) is 11.6 Å². The average molecular weight is 281 g/mol. The third-order valence-electron chi connectivity index (χ3n) is 3.01. The van der Waals surface area contributed by atoms with Gasteiger partial charge in [-0.3, -0.25) is 9.48 Å². The van der Waals surface area contributed by atoms with E-state index in [4.69, 9.17) is 11.6 Å². The van der Waals surface area contributed by atoms with E-state index in [0.29, 0.717) is 23.6 Å². The average Bonchev–Trinajstić information content (AvgIpc) is 2.64. The molecular formula is C14H14ClFN2O. The largest absolute Gasteiger partial charge is 0.294 e. The monoisotopic (exact) mass is 280 g/mol. The van der Waals surface area contributed by atoms with Gasteiger partial charge in [0, 0.05) is 18.5 Å². The molecule has 0 unspecified atom stereocenters. The summed E-state index contributed by atoms with van der Waals surface area (Å²) in [6.07, 6.45) is 0.309. The summed E-state index contributed by atoms with van der Waals surface area (Å²) in [5.41, 5.74) is 2.12. The Labute approximate surface area is 116 Å². The van der Waals surface area contributed by atoms with Crippen LogP contribution in [0.3, 0.4) is 0 Å². The lowest BCUT2D eigenvalue weighted by molar-refractivity contribution is 0.0975. The molecule has 1 aromatic carbocycles. The molecule has 0 fully saturated rings. The molecule has 1 aromatic heterocycles. The van der Waals surface area contributed by atoms with Crippen molar-refractivity contribution in [1.82, 2.24) is 9.78 Å². The van der Waals surface area contributed by atoms with Crippen molar-refractivity contribution in [2.45, 2.75) is 26.8 Å². The number of nitrogens with zero attached hydrogens (tertiary/aromatic N) is 2. The van der Waals surface area contributed by atoms with Gasteiger partial charge < -0.3 is 0 Å². The van der Waals surface area contributed by atoms with E-state index in [1.54, 1.807) is 4.68 Å². The second-order valence-electron chi connectivity index (χ2n) is 4.39. The Hall–Kier alpha value is -1.68. The van der Waals surface area contributed by atoms with Crippen LogP contribution < -0.4 is 0 Å². The number of hydrogen-bond acceptors (Lipinski definition) is 2. The zero-order chi connectivity index (χ0) is 14.0. The maximum Gasteiger partial charge on any atom is 0.164 e. The number of carbonyl (C=O) groups excluding carboxylic acids is 1. The van der Waals surface area contributed by atoms with Crippen LogP contribution in [0.4, 0.5) is 4.39 Å². The molecule has 0 aliphatic heterocycles. The van der Waals surface area contributed by atoms with Gasteiger partial charge in [0.25, 0.3) is 0 Å². The highest BCUT2D eigenvalue weighted by Crippen LogP contribution is 2.19. The summed E-state index contributed by atoms with van der Waals surface area (Å²) in [5, 5.41) is 4.90. The maximum absolute atomic E-state index is 12.8. The molecule has 19 heavy (non-hydrogen) atoms. The number of hydrogen-bond donors (Lipinski definition) is 0. The van der Waals surface area contributed by atoms with Crippen molar-refractivity contribution in [3.05, 3.63) is 52.1 Å². The minimum atomic E-state index is -0.345. The minimum Gasteiger partial charge on any atom is -0.294 e. The van der Waals surface area contributed by atoms with E-state index in [1.807, 2.05) is 13.8 Å². The number of halogens is 2. The first-order chi connectivity index (χ1) is 8.99. The third kappa shape index (κ3) is 3.01. The van der Waals surface area contributed by atoms with E-state index in [2.05, 4.69) is 5.10 Å². The molecule has 0 atom stereocenters. The second kappa shape index (κ2) is 5.53. The Morgan fingerprint density at radius 3 is 2.47 bits per heavy atom. The number of aryl methyl sites for hydroxylation is 2. The zero-order valence-electron chi connectivity index (χ0n) is 10.8. The van der Waals surface area contributed by atoms with E-state index in [9.17, 15) is 9.18 Å². The lowest BCUT2D eigenvalue weighted by Crippen LogP contribution is -2.08. The first kappa shape index (κ1) is 13.7. The molecule has 0 aliphatic rings. The van der Waals surface area contributed by atoms with Crippen LogP contribution in [0.25, 0.3) is 0 Å². The van der Waals surface area contributed by atoms with Crippen molar-refractivity contribution in [2.75, 3.05) is 0 Å². The number of rotatable bonds is 4. The highest BCUT2D eigenvalue weighted by atomic mass is 35.5. The second-order valence-corrected chi connectivity index (χ2v) is 4.77. The predicted octanol–water partition coefficient (Wildman–Crippen LogP) is 3.57. The van der Waals surface area contributed by atoms with Crippen molar-refractivity contribution >= 4 is 17.4 Å². The molecule has 0 spiro atoms. The van der Waals surface area contributed by atoms with Crippen molar-refractivity contribution in [2.24, 2.45) is 0 Å². The van der Waals surface area contributed by atoms with Gasteiger partial charge in [0.15, 0.2) is 5.78 Å². The van der Waals surface area contributed by atoms with Gasteiger partial charge in [0.1, 0.15) is 5.82 Å². The van der Waals surface area contributed by atoms with Crippen LogP contribution in [0.5, 0.6) is 0 Å². The summed E-state index contributed by atoms with van der Waals surface area (Å²) in [6.45, 7) is 4.16. The molecule has 0 aliphatic carbocycles. The van der Waals surface area contributed by atoms with Crippen LogP contribution in [-0.4, -0.2) is 15.6 Å². The molecule has 5 heteroatoms. The zero-order valence-corrected chi connectivity index (χ0v) is 11.5. The van der Waals surface area contributed by atoms with Crippen molar-refractivity contribution < 1.29 is 9.18 Å². The molecule has 0 amide bonds. The summed E-state index contributed by atoms with van der Waals surface area (Å²) in [6, 6.07) is 5.55. The van der Waals surface area contributed by atoms with Gasteiger partial charge >= 0.3 is 0 Å². The maximum atomic E-state index is 12.8. The molecule has 0 saturated carbocycles. The quantitative estimate of drug-likeness (QED) is 0.803. The van der Waals surface area contributed by atoms with Gasteiger partial charge in [-0.25, -0.2) is 4.39 Å². The Bertz CT molecular complexity index is 605. The molecular weight excluding hydrogens is 267 g/mol. The van der Waals surface area contributed by atoms with Crippen LogP contribution in [-0.2, 0) is 6.54 Å². The van der Waals surface area contributed by atoms with E-state index in [0.717, 1.165) is 11.4 Å². The van der Waals surface area contributed by atoms with Crippen LogP contribution >= 0.6 is 11.6 Å². The Balaban J connectivity index is 2.04. The molecule has 2 rings (SSSR count). The first-order valence-electron chi connectivity index (χ1n) is 5.97. The Morgan fingerprint density at radius 1 is 1.32 bits per heavy atom. The fraction of sp³-hybridized carbons (Fsp3) is 0.286. The highest BCUT2D eigenvalue weighted by Gasteiger charge is 2.11. The van der Waals surface area contributed by atoms with E-state index < -0.39 is 0 Å². The van der Waals surface area contributed by atoms with Crippen molar-refractivity contribution in [3.63, 3.8) is 0 Å². The lowest BCUT2D eigenvalue weighted by atomic mass is 10.1.